The van der Waals surface area contributed by atoms with Crippen molar-refractivity contribution in [3.8, 4) is 44.8 Å². The van der Waals surface area contributed by atoms with Crippen molar-refractivity contribution in [3.63, 3.8) is 0 Å². The van der Waals surface area contributed by atoms with Crippen molar-refractivity contribution in [2.45, 2.75) is 104 Å². The average molecular weight is 1350 g/mol. The van der Waals surface area contributed by atoms with E-state index in [1.807, 2.05) is 120 Å². The summed E-state index contributed by atoms with van der Waals surface area (Å²) in [5.41, 5.74) is 7.75. The normalized spacial score (nSPS) is 21.2. The van der Waals surface area contributed by atoms with Crippen LogP contribution in [-0.2, 0) is 5.41 Å². The van der Waals surface area contributed by atoms with Gasteiger partial charge in [-0.1, -0.05) is 265 Å². The van der Waals surface area contributed by atoms with Gasteiger partial charge in [0.1, 0.15) is 0 Å². The Balaban J connectivity index is 1.04. The van der Waals surface area contributed by atoms with Crippen molar-refractivity contribution < 1.29 is 30.2 Å². The van der Waals surface area contributed by atoms with Gasteiger partial charge in [-0.25, -0.2) is 0 Å². The highest BCUT2D eigenvalue weighted by molar-refractivity contribution is 7.00. The van der Waals surface area contributed by atoms with Crippen molar-refractivity contribution in [3.05, 3.63) is 319 Å². The minimum Gasteiger partial charge on any atom is -0.334 e. The van der Waals surface area contributed by atoms with E-state index in [9.17, 15) is 24.7 Å². The number of rotatable bonds is 10. The number of para-hydroxylation sites is 4. The van der Waals surface area contributed by atoms with E-state index >= 15 is 0 Å². The van der Waals surface area contributed by atoms with E-state index in [-0.39, 0.29) is 78.0 Å². The molecule has 0 bridgehead atoms. The van der Waals surface area contributed by atoms with Crippen LogP contribution in [0.1, 0.15) is 134 Å². The van der Waals surface area contributed by atoms with E-state index in [0.717, 1.165) is 68.2 Å². The van der Waals surface area contributed by atoms with Gasteiger partial charge in [0.2, 0.25) is 0 Å². The highest BCUT2D eigenvalue weighted by atomic mass is 15.2. The topological polar surface area (TPSA) is 16.3 Å². The Morgan fingerprint density at radius 1 is 0.466 bits per heavy atom. The lowest BCUT2D eigenvalue weighted by Gasteiger charge is -2.53. The van der Waals surface area contributed by atoms with Crippen LogP contribution in [0.4, 0.5) is 28.4 Å². The molecule has 0 fully saturated rings. The summed E-state index contributed by atoms with van der Waals surface area (Å²) in [6.45, 7) is 11.6. The maximum absolute atomic E-state index is 11.8. The first-order valence-electron chi connectivity index (χ1n) is 47.1. The predicted octanol–water partition coefficient (Wildman–Crippen LogP) is 24.3. The van der Waals surface area contributed by atoms with Crippen LogP contribution in [0, 0.1) is 23.2 Å². The summed E-state index contributed by atoms with van der Waals surface area (Å²) in [5.74, 6) is -0.622. The number of fused-ring (bicyclic) bond motifs is 10. The van der Waals surface area contributed by atoms with Crippen LogP contribution < -0.4 is 26.2 Å². The van der Waals surface area contributed by atoms with E-state index < -0.39 is 174 Å². The van der Waals surface area contributed by atoms with Gasteiger partial charge in [-0.15, -0.1) is 0 Å². The van der Waals surface area contributed by atoms with Crippen molar-refractivity contribution in [2.75, 3.05) is 9.80 Å². The highest BCUT2D eigenvalue weighted by Crippen LogP contribution is 2.56. The van der Waals surface area contributed by atoms with Crippen molar-refractivity contribution in [1.29, 1.82) is 0 Å². The van der Waals surface area contributed by atoms with Crippen LogP contribution in [0.5, 0.6) is 0 Å². The van der Waals surface area contributed by atoms with Crippen LogP contribution >= 0.6 is 0 Å². The van der Waals surface area contributed by atoms with E-state index in [2.05, 4.69) is 95.0 Å². The minimum absolute atomic E-state index is 0.00160. The second-order valence-electron chi connectivity index (χ2n) is 30.4. The standard InChI is InChI=1S/C98H87BN4/c1-97(2,3)72-58-80(66-34-15-9-16-35-66)95(82(60-72)70-40-27-38-68(56-70)64-30-11-7-12-31-64)102-90-50-29-51-91-94(90)99(84-54-52-74(62-92(84)102)100-86-46-23-19-42-76(86)77-43-20-24-47-87(77)100)85-55-53-75(101-88-48-25-21-44-78(88)79-45-22-26-49-89(79)101)63-93(85)103(91)96-81(67-36-17-10-18-37-67)59-73(98(4,5)6)61-83(96)71-41-28-39-69(57-71)65-32-13-8-14-33-65/h7-9,11-16,19-27,29-36,38-40,42-56,58,60-63,71,73,81,96H,10,17-18,28,37,41,57,59H2,1-6H3/i19D,20D,21D,22D,23D,24D,25D,26D,42D,43D,44D,45D,46D,47D,48D,49D,52D,53D,54D,55D,62D,63D. The monoisotopic (exact) mass is 1350 g/mol. The van der Waals surface area contributed by atoms with Crippen LogP contribution in [-0.4, -0.2) is 21.9 Å². The molecule has 5 aliphatic rings. The number of allylic oxidation sites excluding steroid dienone is 4. The molecule has 0 radical (unpaired) electrons. The lowest BCUT2D eigenvalue weighted by molar-refractivity contribution is 0.220. The molecule has 0 saturated heterocycles. The Kier molecular flexibility index (Phi) is 10.6. The molecule has 14 aromatic rings. The summed E-state index contributed by atoms with van der Waals surface area (Å²) in [5, 5.41) is -1.28. The molecule has 2 aromatic heterocycles. The number of nitrogens with zero attached hydrogens (tertiary/aromatic N) is 4. The summed E-state index contributed by atoms with van der Waals surface area (Å²) in [4.78, 5) is 4.09. The molecule has 0 N–H and O–H groups in total. The fraction of sp³-hybridized carbons (Fsp3) is 0.204. The Morgan fingerprint density at radius 2 is 0.990 bits per heavy atom. The fourth-order valence-electron chi connectivity index (χ4n) is 17.4. The third-order valence-electron chi connectivity index (χ3n) is 22.4. The summed E-state index contributed by atoms with van der Waals surface area (Å²) in [7, 11) is 0. The van der Waals surface area contributed by atoms with E-state index in [0.29, 0.717) is 70.5 Å². The molecule has 0 saturated carbocycles. The third-order valence-corrected chi connectivity index (χ3v) is 22.4. The maximum Gasteiger partial charge on any atom is 0.252 e. The fourth-order valence-corrected chi connectivity index (χ4v) is 17.4. The molecular formula is C98H87BN4. The van der Waals surface area contributed by atoms with Crippen molar-refractivity contribution in [1.82, 2.24) is 9.13 Å². The summed E-state index contributed by atoms with van der Waals surface area (Å²) in [6, 6.07) is 32.3. The molecule has 19 rings (SSSR count). The predicted molar refractivity (Wildman–Crippen MR) is 439 cm³/mol. The number of anilines is 5. The average Bonchev–Trinajstić information content (AvgIpc) is 1.63. The zero-order chi connectivity index (χ0) is 88.4. The van der Waals surface area contributed by atoms with Crippen molar-refractivity contribution in [2.24, 2.45) is 23.2 Å². The SMILES string of the molecule is [2H]c1c([2H])c(-n2c3c([2H])c([2H])c([2H])c([2H])c3c3c([2H])c([2H])c([2H])c([2H])c32)c([2H])c2c1B1c3c(cccc3N(C3C(C4CCC=C(c5ccccc5)C4)=CC(C(C)(C)C)CC3C3=CCCCC3)c3c([2H])c(-n4c5c([2H])c([2H])c([2H])c([2H])c5c5c([2H])c([2H])c([2H])c([2H])c54)c([2H])c([2H])c31)N2c1c(-c2ccccc2)cc(C(C)(C)C)cc1-c1cccc(-c2ccccc2)c1. The molecule has 4 atom stereocenters. The summed E-state index contributed by atoms with van der Waals surface area (Å²) >= 11 is 0. The van der Waals surface area contributed by atoms with Gasteiger partial charge in [-0.2, -0.15) is 0 Å². The molecule has 0 amide bonds. The maximum atomic E-state index is 11.8. The summed E-state index contributed by atoms with van der Waals surface area (Å²) in [6.07, 6.45) is 13.0. The zero-order valence-electron chi connectivity index (χ0n) is 80.4. The lowest BCUT2D eigenvalue weighted by Crippen LogP contribution is -2.64. The highest BCUT2D eigenvalue weighted by Gasteiger charge is 2.50. The van der Waals surface area contributed by atoms with Gasteiger partial charge in [-0.3, -0.25) is 0 Å². The quantitative estimate of drug-likeness (QED) is 0.100. The molecule has 103 heavy (non-hydrogen) atoms. The van der Waals surface area contributed by atoms with Crippen LogP contribution in [0.25, 0.3) is 93.9 Å². The van der Waals surface area contributed by atoms with Crippen LogP contribution in [0.2, 0.25) is 0 Å². The van der Waals surface area contributed by atoms with Gasteiger partial charge in [0.15, 0.2) is 0 Å². The van der Waals surface area contributed by atoms with Gasteiger partial charge < -0.3 is 18.9 Å². The van der Waals surface area contributed by atoms with Crippen molar-refractivity contribution >= 4 is 101 Å². The Labute approximate surface area is 638 Å². The third kappa shape index (κ3) is 10.6. The van der Waals surface area contributed by atoms with Gasteiger partial charge in [0.05, 0.1) is 64.0 Å². The first kappa shape index (κ1) is 43.8. The van der Waals surface area contributed by atoms with Gasteiger partial charge in [-0.05, 0) is 214 Å². The second-order valence-corrected chi connectivity index (χ2v) is 30.4. The number of hydrogen-bond acceptors (Lipinski definition) is 2. The molecule has 12 aromatic carbocycles. The van der Waals surface area contributed by atoms with E-state index in [4.69, 9.17) is 5.48 Å². The van der Waals surface area contributed by atoms with Crippen LogP contribution in [0.3, 0.4) is 0 Å². The molecule has 5 heteroatoms. The van der Waals surface area contributed by atoms with Gasteiger partial charge >= 0.3 is 0 Å². The molecule has 4 heterocycles. The molecule has 3 aliphatic carbocycles. The number of hydrogen-bond donors (Lipinski definition) is 0. The molecule has 502 valence electrons. The molecule has 2 aliphatic heterocycles. The van der Waals surface area contributed by atoms with Gasteiger partial charge in [0.25, 0.3) is 6.71 Å². The van der Waals surface area contributed by atoms with Crippen LogP contribution in [0.15, 0.2) is 308 Å². The molecular weight excluding hydrogens is 1240 g/mol. The number of aromatic nitrogens is 2. The molecule has 4 nitrogen and oxygen atoms in total. The molecule has 0 spiro atoms. The smallest absolute Gasteiger partial charge is 0.252 e. The largest absolute Gasteiger partial charge is 0.334 e. The van der Waals surface area contributed by atoms with Gasteiger partial charge in [0, 0.05) is 72.7 Å². The summed E-state index contributed by atoms with van der Waals surface area (Å²) < 4.78 is 223. The number of benzene rings is 12. The Bertz CT molecular complexity index is 6990. The molecule has 4 unspecified atom stereocenters. The minimum atomic E-state index is -1.56. The van der Waals surface area contributed by atoms with E-state index in [1.165, 1.54) is 5.57 Å². The van der Waals surface area contributed by atoms with E-state index in [1.54, 1.807) is 0 Å². The second kappa shape index (κ2) is 25.0. The zero-order valence-corrected chi connectivity index (χ0v) is 58.4. The lowest BCUT2D eigenvalue weighted by atomic mass is 9.33. The first-order valence-corrected chi connectivity index (χ1v) is 36.1. The Morgan fingerprint density at radius 3 is 1.57 bits per heavy atom. The Hall–Kier alpha value is -10.9. The first-order chi connectivity index (χ1) is 59.6.